The lowest BCUT2D eigenvalue weighted by atomic mass is 9.97. The first kappa shape index (κ1) is 21.1. The van der Waals surface area contributed by atoms with Crippen molar-refractivity contribution in [3.8, 4) is 6.07 Å². The maximum atomic E-state index is 12.4. The van der Waals surface area contributed by atoms with Crippen molar-refractivity contribution < 1.29 is 4.79 Å². The van der Waals surface area contributed by atoms with Crippen molar-refractivity contribution >= 4 is 23.2 Å². The Balaban J connectivity index is 1.48. The summed E-state index contributed by atoms with van der Waals surface area (Å²) >= 11 is 0. The highest BCUT2D eigenvalue weighted by atomic mass is 16.2. The van der Waals surface area contributed by atoms with Gasteiger partial charge in [0.25, 0.3) is 0 Å². The van der Waals surface area contributed by atoms with Gasteiger partial charge >= 0.3 is 0 Å². The molecule has 1 amide bonds. The molecule has 0 spiro atoms. The Morgan fingerprint density at radius 1 is 1.39 bits per heavy atom. The summed E-state index contributed by atoms with van der Waals surface area (Å²) in [7, 11) is 0. The van der Waals surface area contributed by atoms with Crippen LogP contribution in [0.25, 0.3) is 11.1 Å². The second kappa shape index (κ2) is 8.90. The smallest absolute Gasteiger partial charge is 0.228 e. The molecule has 2 saturated heterocycles. The number of carbonyl (C=O) groups excluding carboxylic acids is 1. The molecule has 0 radical (unpaired) electrons. The molecule has 0 unspecified atom stereocenters. The van der Waals surface area contributed by atoms with Crippen molar-refractivity contribution in [1.29, 1.82) is 10.7 Å². The van der Waals surface area contributed by atoms with Crippen LogP contribution in [0.1, 0.15) is 49.3 Å². The SMILES string of the molecule is CC(C)c1cc(/C(C=N)=C/NC2CCN(C(=O)C3CNC3)CC2)cn2ncc(C#N)c12. The van der Waals surface area contributed by atoms with Gasteiger partial charge in [-0.3, -0.25) is 4.79 Å². The van der Waals surface area contributed by atoms with Crippen LogP contribution in [0.4, 0.5) is 0 Å². The number of piperidine rings is 1. The third-order valence-corrected chi connectivity index (χ3v) is 6.28. The number of aromatic nitrogens is 2. The minimum Gasteiger partial charge on any atom is -0.387 e. The summed E-state index contributed by atoms with van der Waals surface area (Å²) in [5.74, 6) is 0.653. The van der Waals surface area contributed by atoms with E-state index in [1.54, 1.807) is 10.7 Å². The van der Waals surface area contributed by atoms with Gasteiger partial charge in [0.1, 0.15) is 6.07 Å². The fourth-order valence-corrected chi connectivity index (χ4v) is 4.24. The molecular formula is C23H29N7O. The number of nitrogens with one attached hydrogen (secondary N) is 3. The molecule has 8 heteroatoms. The molecule has 4 rings (SSSR count). The molecule has 2 aliphatic rings. The van der Waals surface area contributed by atoms with E-state index in [1.165, 1.54) is 6.21 Å². The highest BCUT2D eigenvalue weighted by molar-refractivity contribution is 6.08. The summed E-state index contributed by atoms with van der Waals surface area (Å²) in [4.78, 5) is 14.4. The minimum absolute atomic E-state index is 0.155. The Kier molecular flexibility index (Phi) is 6.05. The zero-order valence-electron chi connectivity index (χ0n) is 18.1. The van der Waals surface area contributed by atoms with Crippen molar-refractivity contribution in [3.05, 3.63) is 41.4 Å². The molecule has 0 saturated carbocycles. The zero-order valence-corrected chi connectivity index (χ0v) is 18.1. The second-order valence-electron chi connectivity index (χ2n) is 8.67. The maximum Gasteiger partial charge on any atom is 0.228 e. The molecule has 2 fully saturated rings. The van der Waals surface area contributed by atoms with E-state index >= 15 is 0 Å². The summed E-state index contributed by atoms with van der Waals surface area (Å²) < 4.78 is 1.74. The normalized spacial score (nSPS) is 18.1. The molecule has 0 bridgehead atoms. The Bertz CT molecular complexity index is 1050. The lowest BCUT2D eigenvalue weighted by Gasteiger charge is -2.37. The second-order valence-corrected chi connectivity index (χ2v) is 8.67. The summed E-state index contributed by atoms with van der Waals surface area (Å²) in [6.07, 6.45) is 8.49. The molecule has 4 heterocycles. The highest BCUT2D eigenvalue weighted by Crippen LogP contribution is 2.27. The van der Waals surface area contributed by atoms with Crippen LogP contribution in [0, 0.1) is 22.7 Å². The Hall–Kier alpha value is -3.18. The van der Waals surface area contributed by atoms with Gasteiger partial charge in [-0.15, -0.1) is 0 Å². The third kappa shape index (κ3) is 4.19. The van der Waals surface area contributed by atoms with Gasteiger partial charge in [0.15, 0.2) is 0 Å². The quantitative estimate of drug-likeness (QED) is 0.622. The molecule has 8 nitrogen and oxygen atoms in total. The minimum atomic E-state index is 0.155. The number of hydrogen-bond donors (Lipinski definition) is 3. The van der Waals surface area contributed by atoms with Gasteiger partial charge in [0, 0.05) is 62.0 Å². The summed E-state index contributed by atoms with van der Waals surface area (Å²) in [5, 5.41) is 28.3. The van der Waals surface area contributed by atoms with Gasteiger partial charge in [-0.1, -0.05) is 13.8 Å². The average molecular weight is 420 g/mol. The number of fused-ring (bicyclic) bond motifs is 1. The number of likely N-dealkylation sites (tertiary alicyclic amines) is 1. The van der Waals surface area contributed by atoms with E-state index < -0.39 is 0 Å². The molecule has 0 aromatic carbocycles. The number of nitriles is 1. The number of amides is 1. The van der Waals surface area contributed by atoms with Gasteiger partial charge in [0.05, 0.1) is 23.2 Å². The van der Waals surface area contributed by atoms with Gasteiger partial charge in [-0.25, -0.2) is 4.52 Å². The Morgan fingerprint density at radius 2 is 2.13 bits per heavy atom. The number of hydrogen-bond acceptors (Lipinski definition) is 6. The summed E-state index contributed by atoms with van der Waals surface area (Å²) in [5.41, 5.74) is 4.08. The molecular weight excluding hydrogens is 390 g/mol. The predicted molar refractivity (Wildman–Crippen MR) is 120 cm³/mol. The lowest BCUT2D eigenvalue weighted by Crippen LogP contribution is -2.54. The van der Waals surface area contributed by atoms with Crippen LogP contribution >= 0.6 is 0 Å². The molecule has 0 aliphatic carbocycles. The number of pyridine rings is 1. The highest BCUT2D eigenvalue weighted by Gasteiger charge is 2.31. The van der Waals surface area contributed by atoms with Crippen LogP contribution in [0.3, 0.4) is 0 Å². The Labute approximate surface area is 182 Å². The van der Waals surface area contributed by atoms with E-state index in [0.29, 0.717) is 5.56 Å². The standard InChI is InChI=1S/C23H29N7O/c1-15(2)21-7-16(14-30-22(21)18(9-25)13-28-30)17(8-24)12-27-20-3-5-29(6-4-20)23(31)19-10-26-11-19/h7-8,12-15,19-20,24,26-27H,3-6,10-11H2,1-2H3/b17-12+,24-8?. The van der Waals surface area contributed by atoms with Crippen LogP contribution < -0.4 is 10.6 Å². The first-order valence-electron chi connectivity index (χ1n) is 10.9. The molecule has 162 valence electrons. The Morgan fingerprint density at radius 3 is 2.71 bits per heavy atom. The van der Waals surface area contributed by atoms with Crippen molar-refractivity contribution in [2.24, 2.45) is 5.92 Å². The number of rotatable bonds is 6. The molecule has 31 heavy (non-hydrogen) atoms. The number of nitrogens with zero attached hydrogens (tertiary/aromatic N) is 4. The fraction of sp³-hybridized carbons (Fsp3) is 0.478. The molecule has 3 N–H and O–H groups in total. The lowest BCUT2D eigenvalue weighted by molar-refractivity contribution is -0.138. The predicted octanol–water partition coefficient (Wildman–Crippen LogP) is 2.12. The van der Waals surface area contributed by atoms with Crippen molar-refractivity contribution in [2.45, 2.75) is 38.6 Å². The summed E-state index contributed by atoms with van der Waals surface area (Å²) in [6, 6.07) is 4.55. The molecule has 2 aliphatic heterocycles. The van der Waals surface area contributed by atoms with Gasteiger partial charge in [-0.05, 0) is 30.4 Å². The van der Waals surface area contributed by atoms with Crippen molar-refractivity contribution in [3.63, 3.8) is 0 Å². The van der Waals surface area contributed by atoms with Crippen LogP contribution in [-0.2, 0) is 4.79 Å². The maximum absolute atomic E-state index is 12.4. The summed E-state index contributed by atoms with van der Waals surface area (Å²) in [6.45, 7) is 7.33. The van der Waals surface area contributed by atoms with Crippen molar-refractivity contribution in [1.82, 2.24) is 25.1 Å². The van der Waals surface area contributed by atoms with Crippen LogP contribution in [0.5, 0.6) is 0 Å². The van der Waals surface area contributed by atoms with Crippen LogP contribution in [0.2, 0.25) is 0 Å². The largest absolute Gasteiger partial charge is 0.387 e. The van der Waals surface area contributed by atoms with Crippen molar-refractivity contribution in [2.75, 3.05) is 26.2 Å². The third-order valence-electron chi connectivity index (χ3n) is 6.28. The van der Waals surface area contributed by atoms with E-state index in [-0.39, 0.29) is 23.8 Å². The topological polar surface area (TPSA) is 109 Å². The first-order chi connectivity index (χ1) is 15.0. The van der Waals surface area contributed by atoms with Crippen LogP contribution in [0.15, 0.2) is 24.7 Å². The first-order valence-corrected chi connectivity index (χ1v) is 10.9. The van der Waals surface area contributed by atoms with E-state index in [0.717, 1.165) is 61.2 Å². The molecule has 0 atom stereocenters. The fourth-order valence-electron chi connectivity index (χ4n) is 4.24. The van der Waals surface area contributed by atoms with Gasteiger partial charge in [0.2, 0.25) is 5.91 Å². The van der Waals surface area contributed by atoms with E-state index in [2.05, 4.69) is 41.7 Å². The average Bonchev–Trinajstić information content (AvgIpc) is 3.15. The molecule has 2 aromatic rings. The molecule has 2 aromatic heterocycles. The van der Waals surface area contributed by atoms with Gasteiger partial charge < -0.3 is 20.9 Å². The zero-order chi connectivity index (χ0) is 22.0. The van der Waals surface area contributed by atoms with E-state index in [1.807, 2.05) is 17.3 Å². The van der Waals surface area contributed by atoms with Crippen LogP contribution in [-0.4, -0.2) is 58.9 Å². The van der Waals surface area contributed by atoms with Gasteiger partial charge in [-0.2, -0.15) is 10.4 Å². The van der Waals surface area contributed by atoms with E-state index in [9.17, 15) is 10.1 Å². The van der Waals surface area contributed by atoms with E-state index in [4.69, 9.17) is 5.41 Å². The monoisotopic (exact) mass is 419 g/mol. The number of carbonyl (C=O) groups is 1. The number of allylic oxidation sites excluding steroid dienone is 1.